The number of nitrogens with zero attached hydrogens (tertiary/aromatic N) is 3. The summed E-state index contributed by atoms with van der Waals surface area (Å²) in [5.74, 6) is 0.201. The van der Waals surface area contributed by atoms with Gasteiger partial charge >= 0.3 is 0 Å². The Kier molecular flexibility index (Phi) is 7.92. The topological polar surface area (TPSA) is 64.1 Å². The van der Waals surface area contributed by atoms with Crippen LogP contribution in [0.3, 0.4) is 0 Å². The first-order valence-corrected chi connectivity index (χ1v) is 11.2. The van der Waals surface area contributed by atoms with E-state index in [2.05, 4.69) is 11.8 Å². The summed E-state index contributed by atoms with van der Waals surface area (Å²) in [6, 6.07) is 6.83. The number of piperazine rings is 1. The van der Waals surface area contributed by atoms with Crippen molar-refractivity contribution in [2.24, 2.45) is 5.92 Å². The van der Waals surface area contributed by atoms with Gasteiger partial charge in [-0.15, -0.1) is 0 Å². The van der Waals surface area contributed by atoms with Crippen molar-refractivity contribution in [3.8, 4) is 0 Å². The molecule has 0 spiro atoms. The number of halogens is 1. The van der Waals surface area contributed by atoms with Gasteiger partial charge in [-0.1, -0.05) is 30.7 Å². The summed E-state index contributed by atoms with van der Waals surface area (Å²) in [5.41, 5.74) is 0.852. The SMILES string of the molecule is CC1C(=O)N(CCCN2CC[C@H](C)[C@H](O)C2)CCN1C(=O)/C=C/c1cccc(Cl)c1. The number of benzene rings is 1. The van der Waals surface area contributed by atoms with Crippen molar-refractivity contribution in [3.63, 3.8) is 0 Å². The number of aliphatic hydroxyl groups excluding tert-OH is 1. The van der Waals surface area contributed by atoms with E-state index in [4.69, 9.17) is 11.6 Å². The van der Waals surface area contributed by atoms with E-state index in [1.54, 1.807) is 30.0 Å². The molecular formula is C23H32ClN3O3. The van der Waals surface area contributed by atoms with Gasteiger partial charge in [-0.2, -0.15) is 0 Å². The Hall–Kier alpha value is -1.89. The maximum Gasteiger partial charge on any atom is 0.247 e. The molecule has 0 radical (unpaired) electrons. The van der Waals surface area contributed by atoms with Gasteiger partial charge in [0.2, 0.25) is 11.8 Å². The molecule has 0 aromatic heterocycles. The summed E-state index contributed by atoms with van der Waals surface area (Å²) in [7, 11) is 0. The molecule has 2 fully saturated rings. The van der Waals surface area contributed by atoms with Crippen LogP contribution in [0.2, 0.25) is 5.02 Å². The molecular weight excluding hydrogens is 402 g/mol. The van der Waals surface area contributed by atoms with Crippen molar-refractivity contribution >= 4 is 29.5 Å². The number of β-amino-alcohol motifs (C(OH)–C–C–N with tert-alkyl or cyclic N) is 1. The van der Waals surface area contributed by atoms with Crippen molar-refractivity contribution in [3.05, 3.63) is 40.9 Å². The first-order valence-electron chi connectivity index (χ1n) is 10.8. The summed E-state index contributed by atoms with van der Waals surface area (Å²) in [6.45, 7) is 8.26. The van der Waals surface area contributed by atoms with E-state index >= 15 is 0 Å². The molecule has 1 N–H and O–H groups in total. The molecule has 2 aliphatic heterocycles. The Bertz CT molecular complexity index is 785. The van der Waals surface area contributed by atoms with Gasteiger partial charge in [0.05, 0.1) is 6.10 Å². The van der Waals surface area contributed by atoms with E-state index < -0.39 is 6.04 Å². The van der Waals surface area contributed by atoms with E-state index in [0.717, 1.165) is 31.5 Å². The van der Waals surface area contributed by atoms with Crippen LogP contribution in [0.15, 0.2) is 30.3 Å². The highest BCUT2D eigenvalue weighted by Crippen LogP contribution is 2.18. The molecule has 1 aromatic rings. The lowest BCUT2D eigenvalue weighted by atomic mass is 9.96. The first kappa shape index (κ1) is 22.8. The molecule has 164 valence electrons. The lowest BCUT2D eigenvalue weighted by molar-refractivity contribution is -0.148. The molecule has 1 aromatic carbocycles. The number of likely N-dealkylation sites (tertiary alicyclic amines) is 1. The highest BCUT2D eigenvalue weighted by molar-refractivity contribution is 6.30. The Balaban J connectivity index is 1.46. The van der Waals surface area contributed by atoms with Gasteiger partial charge in [-0.3, -0.25) is 9.59 Å². The van der Waals surface area contributed by atoms with Gasteiger partial charge in [-0.25, -0.2) is 0 Å². The fraction of sp³-hybridized carbons (Fsp3) is 0.565. The number of hydrogen-bond acceptors (Lipinski definition) is 4. The standard InChI is InChI=1S/C23H32ClN3O3/c1-17-9-12-25(16-21(17)28)10-4-11-26-13-14-27(18(2)23(26)30)22(29)8-7-19-5-3-6-20(24)15-19/h3,5-8,15,17-18,21,28H,4,9-14,16H2,1-2H3/b8-7+/t17-,18?,21+/m0/s1. The molecule has 0 saturated carbocycles. The average molecular weight is 434 g/mol. The Labute approximate surface area is 184 Å². The van der Waals surface area contributed by atoms with E-state index in [0.29, 0.717) is 37.1 Å². The molecule has 30 heavy (non-hydrogen) atoms. The monoisotopic (exact) mass is 433 g/mol. The highest BCUT2D eigenvalue weighted by atomic mass is 35.5. The van der Waals surface area contributed by atoms with Crippen LogP contribution < -0.4 is 0 Å². The molecule has 7 heteroatoms. The number of aliphatic hydroxyl groups is 1. The molecule has 6 nitrogen and oxygen atoms in total. The molecule has 0 bridgehead atoms. The Morgan fingerprint density at radius 2 is 2.03 bits per heavy atom. The van der Waals surface area contributed by atoms with Crippen molar-refractivity contribution in [1.29, 1.82) is 0 Å². The van der Waals surface area contributed by atoms with Gasteiger partial charge < -0.3 is 19.8 Å². The van der Waals surface area contributed by atoms with E-state index in [1.165, 1.54) is 6.08 Å². The molecule has 3 rings (SSSR count). The molecule has 1 unspecified atom stereocenters. The zero-order chi connectivity index (χ0) is 21.7. The first-order chi connectivity index (χ1) is 14.3. The minimum Gasteiger partial charge on any atom is -0.392 e. The number of rotatable bonds is 6. The number of piperidine rings is 1. The maximum absolute atomic E-state index is 12.8. The largest absolute Gasteiger partial charge is 0.392 e. The summed E-state index contributed by atoms with van der Waals surface area (Å²) in [6.07, 6.45) is 4.87. The predicted octanol–water partition coefficient (Wildman–Crippen LogP) is 2.51. The molecule has 2 saturated heterocycles. The van der Waals surface area contributed by atoms with Gasteiger partial charge in [0.1, 0.15) is 6.04 Å². The predicted molar refractivity (Wildman–Crippen MR) is 119 cm³/mol. The minimum absolute atomic E-state index is 0.00180. The second-order valence-electron chi connectivity index (χ2n) is 8.41. The third kappa shape index (κ3) is 5.84. The third-order valence-electron chi connectivity index (χ3n) is 6.20. The Morgan fingerprint density at radius 3 is 2.77 bits per heavy atom. The smallest absolute Gasteiger partial charge is 0.247 e. The van der Waals surface area contributed by atoms with Crippen molar-refractivity contribution in [1.82, 2.24) is 14.7 Å². The van der Waals surface area contributed by atoms with Crippen molar-refractivity contribution in [2.75, 3.05) is 39.3 Å². The van der Waals surface area contributed by atoms with Crippen molar-refractivity contribution in [2.45, 2.75) is 38.8 Å². The summed E-state index contributed by atoms with van der Waals surface area (Å²) < 4.78 is 0. The summed E-state index contributed by atoms with van der Waals surface area (Å²) in [4.78, 5) is 31.1. The van der Waals surface area contributed by atoms with E-state index in [-0.39, 0.29) is 17.9 Å². The highest BCUT2D eigenvalue weighted by Gasteiger charge is 2.33. The number of hydrogen-bond donors (Lipinski definition) is 1. The fourth-order valence-corrected chi connectivity index (χ4v) is 4.33. The fourth-order valence-electron chi connectivity index (χ4n) is 4.13. The van der Waals surface area contributed by atoms with E-state index in [1.807, 2.05) is 17.0 Å². The lowest BCUT2D eigenvalue weighted by Crippen LogP contribution is -2.57. The third-order valence-corrected chi connectivity index (χ3v) is 6.44. The second kappa shape index (κ2) is 10.4. The van der Waals surface area contributed by atoms with Crippen LogP contribution in [0, 0.1) is 5.92 Å². The maximum atomic E-state index is 12.8. The van der Waals surface area contributed by atoms with E-state index in [9.17, 15) is 14.7 Å². The zero-order valence-corrected chi connectivity index (χ0v) is 18.6. The normalized spacial score (nSPS) is 25.9. The second-order valence-corrected chi connectivity index (χ2v) is 8.85. The zero-order valence-electron chi connectivity index (χ0n) is 17.8. The average Bonchev–Trinajstić information content (AvgIpc) is 2.72. The van der Waals surface area contributed by atoms with Gasteiger partial charge in [0, 0.05) is 37.3 Å². The van der Waals surface area contributed by atoms with Crippen LogP contribution in [0.5, 0.6) is 0 Å². The van der Waals surface area contributed by atoms with Crippen LogP contribution in [-0.2, 0) is 9.59 Å². The van der Waals surface area contributed by atoms with Crippen LogP contribution >= 0.6 is 11.6 Å². The van der Waals surface area contributed by atoms with Gasteiger partial charge in [0.15, 0.2) is 0 Å². The number of amides is 2. The van der Waals surface area contributed by atoms with Crippen LogP contribution in [0.1, 0.15) is 32.3 Å². The summed E-state index contributed by atoms with van der Waals surface area (Å²) in [5, 5.41) is 10.6. The molecule has 3 atom stereocenters. The molecule has 2 heterocycles. The minimum atomic E-state index is -0.465. The quantitative estimate of drug-likeness (QED) is 0.700. The number of carbonyl (C=O) groups excluding carboxylic acids is 2. The Morgan fingerprint density at radius 1 is 1.23 bits per heavy atom. The molecule has 0 aliphatic carbocycles. The van der Waals surface area contributed by atoms with Gasteiger partial charge in [0.25, 0.3) is 0 Å². The molecule has 2 amide bonds. The van der Waals surface area contributed by atoms with Crippen molar-refractivity contribution < 1.29 is 14.7 Å². The van der Waals surface area contributed by atoms with Crippen LogP contribution in [0.4, 0.5) is 0 Å². The van der Waals surface area contributed by atoms with Crippen LogP contribution in [-0.4, -0.2) is 83.0 Å². The van der Waals surface area contributed by atoms with Gasteiger partial charge in [-0.05, 0) is 62.5 Å². The molecule has 2 aliphatic rings. The summed E-state index contributed by atoms with van der Waals surface area (Å²) >= 11 is 5.98. The van der Waals surface area contributed by atoms with Crippen LogP contribution in [0.25, 0.3) is 6.08 Å². The number of carbonyl (C=O) groups is 2. The lowest BCUT2D eigenvalue weighted by Gasteiger charge is -2.39.